The summed E-state index contributed by atoms with van der Waals surface area (Å²) in [4.78, 5) is 0. The standard InChI is InChI=1S/C15H14F3NO/c1-2-20-15-8-11(16)3-4-14(15)19-9-10-5-12(17)7-13(18)6-10/h3-8,19H,2,9H2,1H3. The zero-order valence-electron chi connectivity index (χ0n) is 10.9. The fraction of sp³-hybridized carbons (Fsp3) is 0.200. The maximum atomic E-state index is 13.1. The number of hydrogen-bond acceptors (Lipinski definition) is 2. The van der Waals surface area contributed by atoms with Gasteiger partial charge in [0.15, 0.2) is 0 Å². The van der Waals surface area contributed by atoms with Crippen LogP contribution in [0.2, 0.25) is 0 Å². The van der Waals surface area contributed by atoms with Gasteiger partial charge in [0.05, 0.1) is 12.3 Å². The molecule has 0 atom stereocenters. The van der Waals surface area contributed by atoms with Crippen LogP contribution in [0.4, 0.5) is 18.9 Å². The number of anilines is 1. The van der Waals surface area contributed by atoms with Crippen LogP contribution in [0.25, 0.3) is 0 Å². The molecule has 2 aromatic rings. The Morgan fingerprint density at radius 3 is 2.30 bits per heavy atom. The molecule has 0 aliphatic heterocycles. The van der Waals surface area contributed by atoms with E-state index in [4.69, 9.17) is 4.74 Å². The SMILES string of the molecule is CCOc1cc(F)ccc1NCc1cc(F)cc(F)c1. The second-order valence-corrected chi connectivity index (χ2v) is 4.20. The molecule has 2 rings (SSSR count). The lowest BCUT2D eigenvalue weighted by atomic mass is 10.2. The van der Waals surface area contributed by atoms with Crippen molar-refractivity contribution in [1.82, 2.24) is 0 Å². The van der Waals surface area contributed by atoms with Gasteiger partial charge in [-0.3, -0.25) is 0 Å². The molecule has 0 spiro atoms. The summed E-state index contributed by atoms with van der Waals surface area (Å²) in [6.07, 6.45) is 0. The minimum absolute atomic E-state index is 0.209. The highest BCUT2D eigenvalue weighted by molar-refractivity contribution is 5.56. The molecule has 106 valence electrons. The maximum Gasteiger partial charge on any atom is 0.145 e. The molecule has 0 aliphatic carbocycles. The fourth-order valence-electron chi connectivity index (χ4n) is 1.83. The molecule has 0 radical (unpaired) electrons. The summed E-state index contributed by atoms with van der Waals surface area (Å²) in [6, 6.07) is 7.36. The van der Waals surface area contributed by atoms with Crippen molar-refractivity contribution in [3.8, 4) is 5.75 Å². The zero-order valence-corrected chi connectivity index (χ0v) is 10.9. The Bertz CT molecular complexity index is 581. The van der Waals surface area contributed by atoms with Crippen LogP contribution >= 0.6 is 0 Å². The van der Waals surface area contributed by atoms with Crippen LogP contribution in [-0.2, 0) is 6.54 Å². The summed E-state index contributed by atoms with van der Waals surface area (Å²) >= 11 is 0. The highest BCUT2D eigenvalue weighted by Crippen LogP contribution is 2.26. The van der Waals surface area contributed by atoms with Gasteiger partial charge in [-0.2, -0.15) is 0 Å². The normalized spacial score (nSPS) is 10.4. The molecule has 1 N–H and O–H groups in total. The number of rotatable bonds is 5. The highest BCUT2D eigenvalue weighted by atomic mass is 19.1. The van der Waals surface area contributed by atoms with Gasteiger partial charge in [0.1, 0.15) is 23.2 Å². The first-order valence-corrected chi connectivity index (χ1v) is 6.19. The van der Waals surface area contributed by atoms with Gasteiger partial charge >= 0.3 is 0 Å². The van der Waals surface area contributed by atoms with Crippen molar-refractivity contribution in [2.75, 3.05) is 11.9 Å². The van der Waals surface area contributed by atoms with E-state index in [1.807, 2.05) is 0 Å². The molecule has 20 heavy (non-hydrogen) atoms. The van der Waals surface area contributed by atoms with Gasteiger partial charge in [-0.25, -0.2) is 13.2 Å². The Morgan fingerprint density at radius 2 is 1.65 bits per heavy atom. The summed E-state index contributed by atoms with van der Waals surface area (Å²) in [7, 11) is 0. The molecule has 0 fully saturated rings. The lowest BCUT2D eigenvalue weighted by Crippen LogP contribution is -2.04. The topological polar surface area (TPSA) is 21.3 Å². The Morgan fingerprint density at radius 1 is 0.950 bits per heavy atom. The van der Waals surface area contributed by atoms with E-state index in [1.165, 1.54) is 30.3 Å². The van der Waals surface area contributed by atoms with Gasteiger partial charge in [0.2, 0.25) is 0 Å². The predicted octanol–water partition coefficient (Wildman–Crippen LogP) is 4.11. The van der Waals surface area contributed by atoms with E-state index < -0.39 is 17.5 Å². The number of nitrogens with one attached hydrogen (secondary N) is 1. The zero-order chi connectivity index (χ0) is 14.5. The average Bonchev–Trinajstić information content (AvgIpc) is 2.37. The van der Waals surface area contributed by atoms with Gasteiger partial charge in [0, 0.05) is 18.7 Å². The third kappa shape index (κ3) is 3.66. The Kier molecular flexibility index (Phi) is 4.50. The van der Waals surface area contributed by atoms with Gasteiger partial charge < -0.3 is 10.1 Å². The van der Waals surface area contributed by atoms with Crippen molar-refractivity contribution in [2.45, 2.75) is 13.5 Å². The second-order valence-electron chi connectivity index (χ2n) is 4.20. The largest absolute Gasteiger partial charge is 0.492 e. The van der Waals surface area contributed by atoms with E-state index in [0.717, 1.165) is 6.07 Å². The molecule has 2 aromatic carbocycles. The first-order chi connectivity index (χ1) is 9.58. The number of benzene rings is 2. The first kappa shape index (κ1) is 14.2. The van der Waals surface area contributed by atoms with Crippen LogP contribution in [0, 0.1) is 17.5 Å². The van der Waals surface area contributed by atoms with E-state index in [1.54, 1.807) is 6.92 Å². The van der Waals surface area contributed by atoms with E-state index in [9.17, 15) is 13.2 Å². The lowest BCUT2D eigenvalue weighted by molar-refractivity contribution is 0.340. The molecule has 0 unspecified atom stereocenters. The molecule has 0 aliphatic rings. The van der Waals surface area contributed by atoms with Gasteiger partial charge in [-0.15, -0.1) is 0 Å². The lowest BCUT2D eigenvalue weighted by Gasteiger charge is -2.12. The van der Waals surface area contributed by atoms with Gasteiger partial charge in [0.25, 0.3) is 0 Å². The molecule has 0 bridgehead atoms. The summed E-state index contributed by atoms with van der Waals surface area (Å²) in [5.74, 6) is -1.31. The van der Waals surface area contributed by atoms with Gasteiger partial charge in [-0.1, -0.05) is 0 Å². The number of hydrogen-bond donors (Lipinski definition) is 1. The van der Waals surface area contributed by atoms with Crippen LogP contribution < -0.4 is 10.1 Å². The van der Waals surface area contributed by atoms with Crippen LogP contribution in [0.5, 0.6) is 5.75 Å². The van der Waals surface area contributed by atoms with E-state index in [2.05, 4.69) is 5.32 Å². The molecule has 2 nitrogen and oxygen atoms in total. The third-order valence-corrected chi connectivity index (χ3v) is 2.65. The number of ether oxygens (including phenoxy) is 1. The summed E-state index contributed by atoms with van der Waals surface area (Å²) < 4.78 is 44.6. The van der Waals surface area contributed by atoms with Crippen LogP contribution in [-0.4, -0.2) is 6.61 Å². The van der Waals surface area contributed by atoms with Crippen molar-refractivity contribution in [2.24, 2.45) is 0 Å². The first-order valence-electron chi connectivity index (χ1n) is 6.19. The van der Waals surface area contributed by atoms with Crippen LogP contribution in [0.3, 0.4) is 0 Å². The van der Waals surface area contributed by atoms with Crippen LogP contribution in [0.1, 0.15) is 12.5 Å². The second kappa shape index (κ2) is 6.32. The molecule has 0 amide bonds. The highest BCUT2D eigenvalue weighted by Gasteiger charge is 2.06. The quantitative estimate of drug-likeness (QED) is 0.890. The average molecular weight is 281 g/mol. The molecular formula is C15H14F3NO. The van der Waals surface area contributed by atoms with E-state index in [-0.39, 0.29) is 6.54 Å². The Labute approximate surface area is 115 Å². The van der Waals surface area contributed by atoms with Crippen molar-refractivity contribution in [3.05, 3.63) is 59.4 Å². The molecular weight excluding hydrogens is 267 g/mol. The van der Waals surface area contributed by atoms with Crippen molar-refractivity contribution >= 4 is 5.69 Å². The minimum Gasteiger partial charge on any atom is -0.492 e. The number of halogens is 3. The van der Waals surface area contributed by atoms with Crippen molar-refractivity contribution < 1.29 is 17.9 Å². The van der Waals surface area contributed by atoms with E-state index in [0.29, 0.717) is 23.6 Å². The molecule has 0 aromatic heterocycles. The van der Waals surface area contributed by atoms with Gasteiger partial charge in [-0.05, 0) is 36.8 Å². The smallest absolute Gasteiger partial charge is 0.145 e. The molecule has 0 saturated carbocycles. The predicted molar refractivity (Wildman–Crippen MR) is 71.3 cm³/mol. The van der Waals surface area contributed by atoms with Crippen LogP contribution in [0.15, 0.2) is 36.4 Å². The van der Waals surface area contributed by atoms with Crippen molar-refractivity contribution in [3.63, 3.8) is 0 Å². The molecule has 5 heteroatoms. The monoisotopic (exact) mass is 281 g/mol. The summed E-state index contributed by atoms with van der Waals surface area (Å²) in [5, 5.41) is 2.97. The third-order valence-electron chi connectivity index (χ3n) is 2.65. The fourth-order valence-corrected chi connectivity index (χ4v) is 1.83. The summed E-state index contributed by atoms with van der Waals surface area (Å²) in [6.45, 7) is 2.39. The summed E-state index contributed by atoms with van der Waals surface area (Å²) in [5.41, 5.74) is 1.02. The molecule has 0 heterocycles. The minimum atomic E-state index is -0.633. The van der Waals surface area contributed by atoms with E-state index >= 15 is 0 Å². The Hall–Kier alpha value is -2.17. The Balaban J connectivity index is 2.13. The molecule has 0 saturated heterocycles. The maximum absolute atomic E-state index is 13.1. The van der Waals surface area contributed by atoms with Crippen molar-refractivity contribution in [1.29, 1.82) is 0 Å².